The molecule has 0 saturated carbocycles. The second-order valence-electron chi connectivity index (χ2n) is 16.9. The second kappa shape index (κ2) is 13.0. The van der Waals surface area contributed by atoms with Crippen LogP contribution in [0.4, 0.5) is 0 Å². The summed E-state index contributed by atoms with van der Waals surface area (Å²) in [6.07, 6.45) is 0. The van der Waals surface area contributed by atoms with Crippen molar-refractivity contribution in [2.24, 2.45) is 0 Å². The van der Waals surface area contributed by atoms with E-state index in [1.54, 1.807) is 0 Å². The molecule has 0 unspecified atom stereocenters. The minimum atomic E-state index is -2.45. The fourth-order valence-electron chi connectivity index (χ4n) is 9.92. The quantitative estimate of drug-likeness (QED) is 0.157. The molecule has 4 heteroatoms. The van der Waals surface area contributed by atoms with Crippen LogP contribution in [0, 0.1) is 0 Å². The van der Waals surface area contributed by atoms with Gasteiger partial charge in [0.2, 0.25) is 0 Å². The summed E-state index contributed by atoms with van der Waals surface area (Å²) in [5.74, 6) is 0. The van der Waals surface area contributed by atoms with Crippen LogP contribution >= 0.6 is 17.4 Å². The molecule has 2 aromatic heterocycles. The van der Waals surface area contributed by atoms with Crippen LogP contribution in [0.25, 0.3) is 58.8 Å². The molecule has 0 fully saturated rings. The van der Waals surface area contributed by atoms with Crippen molar-refractivity contribution in [3.8, 4) is 16.8 Å². The molecular weight excluding hydrogens is 758 g/mol. The Balaban J connectivity index is 1.11. The molecule has 0 amide bonds. The molecule has 10 aromatic rings. The van der Waals surface area contributed by atoms with E-state index < -0.39 is 6.04 Å². The number of hydrogen-bond acceptors (Lipinski definition) is 2. The topological polar surface area (TPSA) is 4.93 Å². The maximum atomic E-state index is 7.06. The van der Waals surface area contributed by atoms with Crippen LogP contribution in [0.3, 0.4) is 0 Å². The summed E-state index contributed by atoms with van der Waals surface area (Å²) in [7, 11) is 0. The van der Waals surface area contributed by atoms with Gasteiger partial charge in [-0.15, -0.1) is 11.3 Å². The van der Waals surface area contributed by atoms with Gasteiger partial charge in [-0.25, -0.2) is 0 Å². The van der Waals surface area contributed by atoms with E-state index in [0.717, 1.165) is 0 Å². The lowest BCUT2D eigenvalue weighted by Gasteiger charge is -2.44. The van der Waals surface area contributed by atoms with Crippen molar-refractivity contribution in [1.29, 1.82) is 0 Å². The van der Waals surface area contributed by atoms with Crippen LogP contribution in [0.2, 0.25) is 0 Å². The highest BCUT2D eigenvalue weighted by Gasteiger charge is 2.42. The highest BCUT2D eigenvalue weighted by Crippen LogP contribution is 2.53. The molecule has 1 aliphatic carbocycles. The van der Waals surface area contributed by atoms with Gasteiger partial charge in [0, 0.05) is 58.8 Å². The zero-order chi connectivity index (χ0) is 39.4. The molecule has 11 rings (SSSR count). The van der Waals surface area contributed by atoms with Crippen molar-refractivity contribution >= 4 is 87.1 Å². The molecule has 0 radical (unpaired) electrons. The molecule has 58 heavy (non-hydrogen) atoms. The first-order chi connectivity index (χ1) is 28.2. The molecule has 0 atom stereocenters. The number of aromatic nitrogens is 1. The SMILES string of the molecule is CC1(C)c2ccc(-n3c4ccccc4c4ccccc43)cc2C(C)(C)c2ccc(-c3cc(P(=S)(c4ccccc4)c4ccccc4)c4sc5ccccc5c4c3)cc21. The molecular formula is C54H42NPS2. The van der Waals surface area contributed by atoms with E-state index in [0.29, 0.717) is 0 Å². The summed E-state index contributed by atoms with van der Waals surface area (Å²) < 4.78 is 5.04. The Labute approximate surface area is 349 Å². The van der Waals surface area contributed by atoms with Crippen molar-refractivity contribution < 1.29 is 0 Å². The molecule has 0 saturated heterocycles. The number of thiophene rings is 1. The maximum absolute atomic E-state index is 7.06. The second-order valence-corrected chi connectivity index (χ2v) is 22.3. The molecule has 0 bridgehead atoms. The average molecular weight is 800 g/mol. The summed E-state index contributed by atoms with van der Waals surface area (Å²) in [4.78, 5) is 0. The van der Waals surface area contributed by atoms with Gasteiger partial charge in [0.15, 0.2) is 0 Å². The molecule has 2 heterocycles. The van der Waals surface area contributed by atoms with Crippen LogP contribution in [0.5, 0.6) is 0 Å². The van der Waals surface area contributed by atoms with Gasteiger partial charge in [-0.1, -0.05) is 173 Å². The summed E-state index contributed by atoms with van der Waals surface area (Å²) in [5, 5.41) is 8.86. The number of rotatable bonds is 5. The van der Waals surface area contributed by atoms with E-state index in [2.05, 4.69) is 214 Å². The van der Waals surface area contributed by atoms with Crippen LogP contribution in [0.1, 0.15) is 49.9 Å². The van der Waals surface area contributed by atoms with Crippen molar-refractivity contribution in [2.75, 3.05) is 0 Å². The van der Waals surface area contributed by atoms with E-state index in [9.17, 15) is 0 Å². The number of fused-ring (bicyclic) bond motifs is 8. The average Bonchev–Trinajstić information content (AvgIpc) is 3.81. The lowest BCUT2D eigenvalue weighted by Crippen LogP contribution is -2.36. The molecule has 0 aliphatic heterocycles. The zero-order valence-electron chi connectivity index (χ0n) is 33.0. The number of benzene rings is 8. The first-order valence-electron chi connectivity index (χ1n) is 20.1. The van der Waals surface area contributed by atoms with Crippen LogP contribution in [-0.4, -0.2) is 4.57 Å². The minimum absolute atomic E-state index is 0.214. The molecule has 0 spiro atoms. The van der Waals surface area contributed by atoms with Crippen LogP contribution in [-0.2, 0) is 22.6 Å². The van der Waals surface area contributed by atoms with Gasteiger partial charge in [0.25, 0.3) is 0 Å². The first-order valence-corrected chi connectivity index (χ1v) is 23.7. The third-order valence-electron chi connectivity index (χ3n) is 12.9. The maximum Gasteiger partial charge on any atom is 0.0541 e. The van der Waals surface area contributed by atoms with Crippen LogP contribution < -0.4 is 15.9 Å². The van der Waals surface area contributed by atoms with Crippen molar-refractivity contribution in [2.45, 2.75) is 38.5 Å². The zero-order valence-corrected chi connectivity index (χ0v) is 35.6. The Morgan fingerprint density at radius 1 is 0.448 bits per heavy atom. The number of para-hydroxylation sites is 2. The van der Waals surface area contributed by atoms with Gasteiger partial charge in [-0.3, -0.25) is 0 Å². The normalized spacial score (nSPS) is 14.6. The predicted octanol–water partition coefficient (Wildman–Crippen LogP) is 13.5. The molecule has 8 aromatic carbocycles. The highest BCUT2D eigenvalue weighted by atomic mass is 32.4. The van der Waals surface area contributed by atoms with Gasteiger partial charge in [0.05, 0.1) is 11.0 Å². The lowest BCUT2D eigenvalue weighted by molar-refractivity contribution is 0.520. The Morgan fingerprint density at radius 2 is 0.966 bits per heavy atom. The smallest absolute Gasteiger partial charge is 0.0541 e. The van der Waals surface area contributed by atoms with Crippen molar-refractivity contribution in [3.63, 3.8) is 0 Å². The Morgan fingerprint density at radius 3 is 1.59 bits per heavy atom. The third-order valence-corrected chi connectivity index (χ3v) is 19.2. The molecule has 0 N–H and O–H groups in total. The van der Waals surface area contributed by atoms with Crippen molar-refractivity contribution in [3.05, 3.63) is 204 Å². The Hall–Kier alpha value is -5.57. The minimum Gasteiger partial charge on any atom is -0.309 e. The van der Waals surface area contributed by atoms with E-state index in [1.165, 1.54) is 97.0 Å². The summed E-state index contributed by atoms with van der Waals surface area (Å²) in [6.45, 7) is 9.64. The highest BCUT2D eigenvalue weighted by molar-refractivity contribution is 8.25. The summed E-state index contributed by atoms with van der Waals surface area (Å²) >= 11 is 8.94. The van der Waals surface area contributed by atoms with Gasteiger partial charge in [-0.05, 0) is 92.5 Å². The van der Waals surface area contributed by atoms with Crippen LogP contribution in [0.15, 0.2) is 182 Å². The van der Waals surface area contributed by atoms with Gasteiger partial charge in [-0.2, -0.15) is 0 Å². The fraction of sp³-hybridized carbons (Fsp3) is 0.111. The van der Waals surface area contributed by atoms with E-state index in [-0.39, 0.29) is 10.8 Å². The Kier molecular flexibility index (Phi) is 7.96. The standard InChI is InChI=1S/C54H42NPS2/c1-53(2)45-30-28-37(55-48-24-14-11-21-40(48)41-22-12-15-25-49(41)55)34-47(45)54(3,4)44-29-27-35(32-46(44)53)36-31-43-42-23-13-16-26-51(42)58-52(43)50(33-36)56(57,38-17-7-5-8-18-38)39-19-9-6-10-20-39/h5-34H,1-4H3. The van der Waals surface area contributed by atoms with E-state index in [4.69, 9.17) is 11.8 Å². The molecule has 1 nitrogen and oxygen atoms in total. The fourth-order valence-corrected chi connectivity index (χ4v) is 15.7. The Bertz CT molecular complexity index is 3220. The molecule has 280 valence electrons. The van der Waals surface area contributed by atoms with Gasteiger partial charge >= 0.3 is 0 Å². The number of nitrogens with zero attached hydrogens (tertiary/aromatic N) is 1. The first kappa shape index (κ1) is 35.6. The van der Waals surface area contributed by atoms with Gasteiger partial charge in [0.1, 0.15) is 0 Å². The third kappa shape index (κ3) is 5.10. The van der Waals surface area contributed by atoms with Gasteiger partial charge < -0.3 is 4.57 Å². The lowest BCUT2D eigenvalue weighted by atomic mass is 9.59. The predicted molar refractivity (Wildman–Crippen MR) is 256 cm³/mol. The summed E-state index contributed by atoms with van der Waals surface area (Å²) in [6, 6.07) is 65.1. The summed E-state index contributed by atoms with van der Waals surface area (Å²) in [5.41, 5.74) is 11.2. The van der Waals surface area contributed by atoms with Crippen molar-refractivity contribution in [1.82, 2.24) is 4.57 Å². The monoisotopic (exact) mass is 799 g/mol. The van der Waals surface area contributed by atoms with E-state index in [1.807, 2.05) is 11.3 Å². The van der Waals surface area contributed by atoms with E-state index >= 15 is 0 Å². The number of hydrogen-bond donors (Lipinski definition) is 0. The largest absolute Gasteiger partial charge is 0.309 e. The molecule has 1 aliphatic rings.